The third-order valence-corrected chi connectivity index (χ3v) is 2.18. The van der Waals surface area contributed by atoms with Crippen molar-refractivity contribution in [1.82, 2.24) is 9.97 Å². The van der Waals surface area contributed by atoms with Crippen LogP contribution >= 0.6 is 0 Å². The molecule has 84 valence electrons. The van der Waals surface area contributed by atoms with E-state index in [1.54, 1.807) is 6.92 Å². The first-order chi connectivity index (χ1) is 7.06. The lowest BCUT2D eigenvalue weighted by atomic mass is 10.0. The Labute approximate surface area is 88.0 Å². The Kier molecular flexibility index (Phi) is 3.96. The third kappa shape index (κ3) is 2.85. The fourth-order valence-corrected chi connectivity index (χ4v) is 1.32. The van der Waals surface area contributed by atoms with E-state index in [9.17, 15) is 10.2 Å². The van der Waals surface area contributed by atoms with Gasteiger partial charge in [0.1, 0.15) is 6.10 Å². The van der Waals surface area contributed by atoms with E-state index >= 15 is 0 Å². The molecule has 6 nitrogen and oxygen atoms in total. The zero-order valence-electron chi connectivity index (χ0n) is 8.59. The minimum atomic E-state index is -1.02. The van der Waals surface area contributed by atoms with Gasteiger partial charge in [0.25, 0.3) is 0 Å². The molecule has 15 heavy (non-hydrogen) atoms. The number of aliphatic hydroxyl groups excluding tert-OH is 2. The molecule has 0 aliphatic carbocycles. The van der Waals surface area contributed by atoms with Crippen LogP contribution in [-0.4, -0.2) is 32.8 Å². The van der Waals surface area contributed by atoms with Crippen molar-refractivity contribution in [2.24, 2.45) is 5.73 Å². The Morgan fingerprint density at radius 3 is 2.67 bits per heavy atom. The lowest BCUT2D eigenvalue weighted by Crippen LogP contribution is -2.23. The van der Waals surface area contributed by atoms with Gasteiger partial charge in [-0.05, 0) is 19.9 Å². The van der Waals surface area contributed by atoms with Crippen LogP contribution in [0.2, 0.25) is 0 Å². The summed E-state index contributed by atoms with van der Waals surface area (Å²) in [5, 5.41) is 19.3. The molecule has 6 heteroatoms. The largest absolute Gasteiger partial charge is 0.390 e. The van der Waals surface area contributed by atoms with E-state index in [0.29, 0.717) is 24.2 Å². The van der Waals surface area contributed by atoms with E-state index in [2.05, 4.69) is 9.97 Å². The first-order valence-electron chi connectivity index (χ1n) is 4.71. The van der Waals surface area contributed by atoms with Crippen LogP contribution in [0.1, 0.15) is 23.8 Å². The van der Waals surface area contributed by atoms with E-state index in [0.717, 1.165) is 0 Å². The Bertz CT molecular complexity index is 332. The zero-order valence-corrected chi connectivity index (χ0v) is 8.59. The number of aromatic nitrogens is 2. The van der Waals surface area contributed by atoms with E-state index in [1.807, 2.05) is 0 Å². The number of nitrogens with zero attached hydrogens (tertiary/aromatic N) is 2. The summed E-state index contributed by atoms with van der Waals surface area (Å²) in [7, 11) is 0. The number of nitrogens with two attached hydrogens (primary N) is 2. The normalized spacial score (nSPS) is 14.9. The summed E-state index contributed by atoms with van der Waals surface area (Å²) in [5.41, 5.74) is 11.7. The molecule has 1 aromatic rings. The summed E-state index contributed by atoms with van der Waals surface area (Å²) in [6.07, 6.45) is -0.178. The minimum absolute atomic E-state index is 0.150. The minimum Gasteiger partial charge on any atom is -0.390 e. The van der Waals surface area contributed by atoms with Crippen LogP contribution in [0.3, 0.4) is 0 Å². The van der Waals surface area contributed by atoms with Crippen LogP contribution in [-0.2, 0) is 0 Å². The van der Waals surface area contributed by atoms with Gasteiger partial charge in [-0.25, -0.2) is 9.97 Å². The van der Waals surface area contributed by atoms with Crippen molar-refractivity contribution in [3.63, 3.8) is 0 Å². The summed E-state index contributed by atoms with van der Waals surface area (Å²) >= 11 is 0. The van der Waals surface area contributed by atoms with Crippen molar-refractivity contribution in [1.29, 1.82) is 0 Å². The van der Waals surface area contributed by atoms with Crippen molar-refractivity contribution in [2.45, 2.75) is 25.6 Å². The molecular formula is C9H16N4O2. The van der Waals surface area contributed by atoms with Crippen molar-refractivity contribution >= 4 is 5.95 Å². The van der Waals surface area contributed by atoms with Gasteiger partial charge in [-0.2, -0.15) is 0 Å². The van der Waals surface area contributed by atoms with Gasteiger partial charge < -0.3 is 21.7 Å². The smallest absolute Gasteiger partial charge is 0.220 e. The predicted molar refractivity (Wildman–Crippen MR) is 55.8 cm³/mol. The molecule has 2 atom stereocenters. The first-order valence-corrected chi connectivity index (χ1v) is 4.71. The number of nitrogen functional groups attached to an aromatic ring is 1. The predicted octanol–water partition coefficient (Wildman–Crippen LogP) is -0.890. The Morgan fingerprint density at radius 1 is 1.47 bits per heavy atom. The van der Waals surface area contributed by atoms with Crippen LogP contribution in [0.4, 0.5) is 5.95 Å². The molecule has 0 fully saturated rings. The van der Waals surface area contributed by atoms with Gasteiger partial charge >= 0.3 is 0 Å². The van der Waals surface area contributed by atoms with Crippen molar-refractivity contribution in [3.05, 3.63) is 17.5 Å². The molecule has 6 N–H and O–H groups in total. The second-order valence-corrected chi connectivity index (χ2v) is 3.36. The molecule has 1 aromatic heterocycles. The third-order valence-electron chi connectivity index (χ3n) is 2.18. The fraction of sp³-hybridized carbons (Fsp3) is 0.556. The Hall–Kier alpha value is -1.24. The summed E-state index contributed by atoms with van der Waals surface area (Å²) < 4.78 is 0. The molecule has 0 aromatic carbocycles. The second-order valence-electron chi connectivity index (χ2n) is 3.36. The highest BCUT2D eigenvalue weighted by molar-refractivity contribution is 5.26. The lowest BCUT2D eigenvalue weighted by molar-refractivity contribution is 0.0142. The number of hydrogen-bond donors (Lipinski definition) is 4. The highest BCUT2D eigenvalue weighted by Gasteiger charge is 2.20. The summed E-state index contributed by atoms with van der Waals surface area (Å²) in [6, 6.07) is 0. The summed E-state index contributed by atoms with van der Waals surface area (Å²) in [5.74, 6) is 0.150. The molecule has 0 aliphatic heterocycles. The number of anilines is 1. The molecule has 0 amide bonds. The van der Waals surface area contributed by atoms with Gasteiger partial charge in [-0.1, -0.05) is 0 Å². The maximum absolute atomic E-state index is 9.77. The van der Waals surface area contributed by atoms with Crippen LogP contribution in [0.5, 0.6) is 0 Å². The maximum atomic E-state index is 9.77. The molecule has 0 aliphatic rings. The zero-order chi connectivity index (χ0) is 11.4. The van der Waals surface area contributed by atoms with Crippen LogP contribution < -0.4 is 11.5 Å². The SMILES string of the molecule is Cc1nc(N)ncc1C(O)C(O)CCN. The number of hydrogen-bond acceptors (Lipinski definition) is 6. The molecule has 0 saturated carbocycles. The lowest BCUT2D eigenvalue weighted by Gasteiger charge is -2.18. The number of rotatable bonds is 4. The summed E-state index contributed by atoms with van der Waals surface area (Å²) in [6.45, 7) is 2.01. The van der Waals surface area contributed by atoms with E-state index in [-0.39, 0.29) is 5.95 Å². The van der Waals surface area contributed by atoms with Gasteiger partial charge in [-0.3, -0.25) is 0 Å². The summed E-state index contributed by atoms with van der Waals surface area (Å²) in [4.78, 5) is 7.67. The van der Waals surface area contributed by atoms with E-state index in [1.165, 1.54) is 6.20 Å². The molecule has 1 rings (SSSR count). The molecule has 1 heterocycles. The van der Waals surface area contributed by atoms with E-state index < -0.39 is 12.2 Å². The fourth-order valence-electron chi connectivity index (χ4n) is 1.32. The topological polar surface area (TPSA) is 118 Å². The molecule has 0 bridgehead atoms. The highest BCUT2D eigenvalue weighted by Crippen LogP contribution is 2.20. The quantitative estimate of drug-likeness (QED) is 0.514. The monoisotopic (exact) mass is 212 g/mol. The van der Waals surface area contributed by atoms with Crippen LogP contribution in [0.25, 0.3) is 0 Å². The average molecular weight is 212 g/mol. The standard InChI is InChI=1S/C9H16N4O2/c1-5-6(4-12-9(11)13-5)8(15)7(14)2-3-10/h4,7-8,14-15H,2-3,10H2,1H3,(H2,11,12,13). The molecule has 0 radical (unpaired) electrons. The molecule has 0 spiro atoms. The van der Waals surface area contributed by atoms with Gasteiger partial charge in [-0.15, -0.1) is 0 Å². The number of aryl methyl sites for hydroxylation is 1. The van der Waals surface area contributed by atoms with Crippen molar-refractivity contribution in [3.8, 4) is 0 Å². The van der Waals surface area contributed by atoms with Crippen molar-refractivity contribution < 1.29 is 10.2 Å². The van der Waals surface area contributed by atoms with Crippen LogP contribution in [0, 0.1) is 6.92 Å². The first kappa shape index (κ1) is 11.8. The average Bonchev–Trinajstić information content (AvgIpc) is 2.17. The Morgan fingerprint density at radius 2 is 2.13 bits per heavy atom. The van der Waals surface area contributed by atoms with Gasteiger partial charge in [0.2, 0.25) is 5.95 Å². The number of aliphatic hydroxyl groups is 2. The van der Waals surface area contributed by atoms with Crippen LogP contribution in [0.15, 0.2) is 6.20 Å². The maximum Gasteiger partial charge on any atom is 0.220 e. The second kappa shape index (κ2) is 5.01. The van der Waals surface area contributed by atoms with Crippen molar-refractivity contribution in [2.75, 3.05) is 12.3 Å². The molecular weight excluding hydrogens is 196 g/mol. The molecule has 0 saturated heterocycles. The Balaban J connectivity index is 2.86. The van der Waals surface area contributed by atoms with Gasteiger partial charge in [0.05, 0.1) is 6.10 Å². The van der Waals surface area contributed by atoms with Gasteiger partial charge in [0, 0.05) is 17.5 Å². The molecule has 2 unspecified atom stereocenters. The van der Waals surface area contributed by atoms with E-state index in [4.69, 9.17) is 11.5 Å². The van der Waals surface area contributed by atoms with Gasteiger partial charge in [0.15, 0.2) is 0 Å². The highest BCUT2D eigenvalue weighted by atomic mass is 16.3.